The number of benzene rings is 2. The lowest BCUT2D eigenvalue weighted by atomic mass is 10.1. The molecule has 2 aromatic carbocycles. The Labute approximate surface area is 168 Å². The highest BCUT2D eigenvalue weighted by Crippen LogP contribution is 2.32. The third kappa shape index (κ3) is 4.01. The van der Waals surface area contributed by atoms with Gasteiger partial charge in [0.15, 0.2) is 11.6 Å². The Morgan fingerprint density at radius 1 is 1.17 bits per heavy atom. The topological polar surface area (TPSA) is 68.5 Å². The molecule has 5 nitrogen and oxygen atoms in total. The van der Waals surface area contributed by atoms with E-state index in [1.54, 1.807) is 26.0 Å². The van der Waals surface area contributed by atoms with Crippen molar-refractivity contribution in [3.8, 4) is 5.75 Å². The van der Waals surface area contributed by atoms with Crippen molar-refractivity contribution in [2.75, 3.05) is 0 Å². The first kappa shape index (κ1) is 20.6. The number of phenolic OH excluding ortho intramolecular Hbond substituents is 1. The number of carbonyl (C=O) groups excluding carboxylic acids is 2. The number of halogens is 1. The maximum atomic E-state index is 14.1. The number of hydrogen-bond acceptors (Lipinski definition) is 4. The van der Waals surface area contributed by atoms with E-state index in [1.807, 2.05) is 26.0 Å². The molecule has 0 aliphatic carbocycles. The summed E-state index contributed by atoms with van der Waals surface area (Å²) in [4.78, 5) is 25.5. The zero-order chi connectivity index (χ0) is 21.3. The van der Waals surface area contributed by atoms with Gasteiger partial charge in [-0.3, -0.25) is 14.2 Å². The maximum absolute atomic E-state index is 14.1. The molecule has 1 heterocycles. The highest BCUT2D eigenvalue weighted by atomic mass is 19.1. The molecular formula is C23H24FNO4. The van der Waals surface area contributed by atoms with Gasteiger partial charge in [0.25, 0.3) is 5.91 Å². The number of esters is 1. The number of fused-ring (bicyclic) bond motifs is 1. The molecule has 1 N–H and O–H groups in total. The fraction of sp³-hybridized carbons (Fsp3) is 0.304. The smallest absolute Gasteiger partial charge is 0.310 e. The molecule has 1 aromatic heterocycles. The molecule has 0 radical (unpaired) electrons. The van der Waals surface area contributed by atoms with Crippen molar-refractivity contribution in [3.05, 3.63) is 64.6 Å². The van der Waals surface area contributed by atoms with Gasteiger partial charge in [-0.05, 0) is 51.0 Å². The Kier molecular flexibility index (Phi) is 5.73. The van der Waals surface area contributed by atoms with Crippen LogP contribution in [0.25, 0.3) is 10.9 Å². The minimum Gasteiger partial charge on any atom is -0.505 e. The summed E-state index contributed by atoms with van der Waals surface area (Å²) in [7, 11) is 0. The van der Waals surface area contributed by atoms with Crippen molar-refractivity contribution in [1.29, 1.82) is 0 Å². The predicted molar refractivity (Wildman–Crippen MR) is 109 cm³/mol. The van der Waals surface area contributed by atoms with Gasteiger partial charge in [0, 0.05) is 22.7 Å². The Hall–Kier alpha value is -3.15. The van der Waals surface area contributed by atoms with Crippen molar-refractivity contribution in [2.24, 2.45) is 0 Å². The average Bonchev–Trinajstić information content (AvgIpc) is 2.93. The highest BCUT2D eigenvalue weighted by molar-refractivity contribution is 6.05. The number of rotatable bonds is 5. The fourth-order valence-electron chi connectivity index (χ4n) is 3.29. The number of aromatic hydroxyl groups is 1. The fourth-order valence-corrected chi connectivity index (χ4v) is 3.29. The summed E-state index contributed by atoms with van der Waals surface area (Å²) >= 11 is 0. The molecule has 0 fully saturated rings. The van der Waals surface area contributed by atoms with E-state index in [9.17, 15) is 19.1 Å². The van der Waals surface area contributed by atoms with E-state index in [0.717, 1.165) is 11.6 Å². The molecule has 1 atom stereocenters. The van der Waals surface area contributed by atoms with Crippen molar-refractivity contribution in [1.82, 2.24) is 4.57 Å². The molecule has 0 aliphatic heterocycles. The van der Waals surface area contributed by atoms with Crippen LogP contribution in [0.15, 0.2) is 36.4 Å². The molecule has 6 heteroatoms. The lowest BCUT2D eigenvalue weighted by molar-refractivity contribution is -0.147. The number of aryl methyl sites for hydroxylation is 1. The minimum absolute atomic E-state index is 0.0775. The summed E-state index contributed by atoms with van der Waals surface area (Å²) in [5.41, 5.74) is 2.80. The Bertz CT molecular complexity index is 1080. The van der Waals surface area contributed by atoms with E-state index in [1.165, 1.54) is 10.6 Å². The van der Waals surface area contributed by atoms with Crippen molar-refractivity contribution in [2.45, 2.75) is 46.6 Å². The van der Waals surface area contributed by atoms with Gasteiger partial charge in [0.2, 0.25) is 0 Å². The molecule has 1 unspecified atom stereocenters. The van der Waals surface area contributed by atoms with Crippen LogP contribution in [-0.4, -0.2) is 27.7 Å². The Morgan fingerprint density at radius 2 is 1.83 bits per heavy atom. The lowest BCUT2D eigenvalue weighted by Crippen LogP contribution is -2.17. The molecule has 0 bridgehead atoms. The van der Waals surface area contributed by atoms with Crippen molar-refractivity contribution < 1.29 is 23.8 Å². The lowest BCUT2D eigenvalue weighted by Gasteiger charge is -2.11. The molecule has 0 saturated heterocycles. The molecule has 0 aliphatic rings. The first-order valence-corrected chi connectivity index (χ1v) is 9.56. The number of carbonyl (C=O) groups is 2. The average molecular weight is 397 g/mol. The van der Waals surface area contributed by atoms with Crippen LogP contribution in [0.4, 0.5) is 4.39 Å². The van der Waals surface area contributed by atoms with Crippen molar-refractivity contribution >= 4 is 22.8 Å². The molecule has 0 saturated carbocycles. The van der Waals surface area contributed by atoms with E-state index in [2.05, 4.69) is 0 Å². The van der Waals surface area contributed by atoms with Gasteiger partial charge >= 0.3 is 5.97 Å². The standard InChI is InChI=1S/C23H24FNO4/c1-5-14(3)29-22(27)11-17-15(4)25(20-12-19(24)21(26)10-18(17)20)23(28)16-8-6-13(2)7-9-16/h6-10,12,14,26H,5,11H2,1-4H3. The number of ether oxygens (including phenoxy) is 1. The normalized spacial score (nSPS) is 12.2. The molecule has 3 rings (SSSR count). The van der Waals surface area contributed by atoms with E-state index >= 15 is 0 Å². The van der Waals surface area contributed by atoms with Crippen LogP contribution in [0.5, 0.6) is 5.75 Å². The third-order valence-electron chi connectivity index (χ3n) is 5.13. The summed E-state index contributed by atoms with van der Waals surface area (Å²) in [5, 5.41) is 10.3. The van der Waals surface area contributed by atoms with Gasteiger partial charge in [-0.1, -0.05) is 24.6 Å². The molecular weight excluding hydrogens is 373 g/mol. The highest BCUT2D eigenvalue weighted by Gasteiger charge is 2.24. The third-order valence-corrected chi connectivity index (χ3v) is 5.13. The number of phenols is 1. The monoisotopic (exact) mass is 397 g/mol. The number of nitrogens with zero attached hydrogens (tertiary/aromatic N) is 1. The Balaban J connectivity index is 2.13. The number of hydrogen-bond donors (Lipinski definition) is 1. The molecule has 152 valence electrons. The van der Waals surface area contributed by atoms with Gasteiger partial charge in [-0.15, -0.1) is 0 Å². The van der Waals surface area contributed by atoms with Crippen molar-refractivity contribution in [3.63, 3.8) is 0 Å². The van der Waals surface area contributed by atoms with Gasteiger partial charge in [0.1, 0.15) is 0 Å². The summed E-state index contributed by atoms with van der Waals surface area (Å²) in [6.07, 6.45) is 0.382. The van der Waals surface area contributed by atoms with Crippen LogP contribution in [0.2, 0.25) is 0 Å². The largest absolute Gasteiger partial charge is 0.505 e. The van der Waals surface area contributed by atoms with Crippen LogP contribution >= 0.6 is 0 Å². The number of aromatic nitrogens is 1. The maximum Gasteiger partial charge on any atom is 0.310 e. The van der Waals surface area contributed by atoms with E-state index in [4.69, 9.17) is 4.74 Å². The molecule has 0 spiro atoms. The second-order valence-electron chi connectivity index (χ2n) is 7.28. The SMILES string of the molecule is CCC(C)OC(=O)Cc1c(C)n(C(=O)c2ccc(C)cc2)c2cc(F)c(O)cc12. The van der Waals surface area contributed by atoms with Crippen LogP contribution in [0.3, 0.4) is 0 Å². The van der Waals surface area contributed by atoms with Gasteiger partial charge in [0.05, 0.1) is 18.0 Å². The Morgan fingerprint density at radius 3 is 2.45 bits per heavy atom. The summed E-state index contributed by atoms with van der Waals surface area (Å²) in [5.74, 6) is -2.14. The zero-order valence-electron chi connectivity index (χ0n) is 17.0. The van der Waals surface area contributed by atoms with Crippen LogP contribution in [-0.2, 0) is 16.0 Å². The second-order valence-corrected chi connectivity index (χ2v) is 7.28. The summed E-state index contributed by atoms with van der Waals surface area (Å²) < 4.78 is 20.8. The van der Waals surface area contributed by atoms with Crippen LogP contribution in [0.1, 0.15) is 47.4 Å². The minimum atomic E-state index is -0.832. The van der Waals surface area contributed by atoms with Gasteiger partial charge in [-0.2, -0.15) is 0 Å². The molecule has 0 amide bonds. The first-order chi connectivity index (χ1) is 13.7. The summed E-state index contributed by atoms with van der Waals surface area (Å²) in [6.45, 7) is 7.34. The van der Waals surface area contributed by atoms with Crippen LogP contribution in [0, 0.1) is 19.7 Å². The quantitative estimate of drug-likeness (QED) is 0.635. The summed E-state index contributed by atoms with van der Waals surface area (Å²) in [6, 6.07) is 9.43. The van der Waals surface area contributed by atoms with Gasteiger partial charge < -0.3 is 9.84 Å². The van der Waals surface area contributed by atoms with Crippen LogP contribution < -0.4 is 0 Å². The predicted octanol–water partition coefficient (Wildman–Crippen LogP) is 4.68. The second kappa shape index (κ2) is 8.07. The molecule has 29 heavy (non-hydrogen) atoms. The van der Waals surface area contributed by atoms with E-state index < -0.39 is 17.5 Å². The first-order valence-electron chi connectivity index (χ1n) is 9.56. The van der Waals surface area contributed by atoms with E-state index in [0.29, 0.717) is 34.1 Å². The van der Waals surface area contributed by atoms with Gasteiger partial charge in [-0.25, -0.2) is 4.39 Å². The molecule has 3 aromatic rings. The zero-order valence-corrected chi connectivity index (χ0v) is 17.0. The van der Waals surface area contributed by atoms with E-state index in [-0.39, 0.29) is 18.4 Å².